The summed E-state index contributed by atoms with van der Waals surface area (Å²) in [6.45, 7) is 3.91. The van der Waals surface area contributed by atoms with Crippen molar-refractivity contribution in [1.29, 1.82) is 5.26 Å². The zero-order valence-electron chi connectivity index (χ0n) is 26.6. The van der Waals surface area contributed by atoms with Crippen LogP contribution < -0.4 is 0 Å². The Morgan fingerprint density at radius 3 is 1.40 bits per heavy atom. The van der Waals surface area contributed by atoms with Gasteiger partial charge in [0.15, 0.2) is 0 Å². The second-order valence-corrected chi connectivity index (χ2v) is 12.5. The molecule has 246 valence electrons. The molecule has 6 aromatic carbocycles. The van der Waals surface area contributed by atoms with Crippen molar-refractivity contribution in [3.8, 4) is 28.6 Å². The highest BCUT2D eigenvalue weighted by atomic mass is 19.4. The minimum Gasteiger partial charge on any atom is -0.307 e. The van der Waals surface area contributed by atoms with Gasteiger partial charge in [-0.2, -0.15) is 31.6 Å². The van der Waals surface area contributed by atoms with E-state index in [0.717, 1.165) is 54.7 Å². The molecule has 2 aromatic heterocycles. The Morgan fingerprint density at radius 2 is 0.940 bits per heavy atom. The van der Waals surface area contributed by atoms with Crippen LogP contribution in [0.5, 0.6) is 0 Å². The number of fused-ring (bicyclic) bond motifs is 6. The van der Waals surface area contributed by atoms with Crippen molar-refractivity contribution in [1.82, 2.24) is 9.13 Å². The van der Waals surface area contributed by atoms with E-state index in [4.69, 9.17) is 0 Å². The van der Waals surface area contributed by atoms with Gasteiger partial charge in [0.25, 0.3) is 0 Å². The topological polar surface area (TPSA) is 33.6 Å². The summed E-state index contributed by atoms with van der Waals surface area (Å²) < 4.78 is 88.4. The van der Waals surface area contributed by atoms with Crippen LogP contribution in [-0.4, -0.2) is 9.13 Å². The third kappa shape index (κ3) is 4.90. The van der Waals surface area contributed by atoms with Gasteiger partial charge >= 0.3 is 12.4 Å². The molecule has 0 amide bonds. The molecule has 0 radical (unpaired) electrons. The molecule has 50 heavy (non-hydrogen) atoms. The summed E-state index contributed by atoms with van der Waals surface area (Å²) in [6.07, 6.45) is -10.1. The van der Waals surface area contributed by atoms with Gasteiger partial charge in [-0.05, 0) is 85.1 Å². The van der Waals surface area contributed by atoms with Crippen LogP contribution in [0.15, 0.2) is 115 Å². The van der Waals surface area contributed by atoms with Crippen LogP contribution >= 0.6 is 0 Å². The highest BCUT2D eigenvalue weighted by Gasteiger charge is 2.37. The van der Waals surface area contributed by atoms with E-state index in [2.05, 4.69) is 6.07 Å². The molecular weight excluding hydrogens is 648 g/mol. The van der Waals surface area contributed by atoms with E-state index in [0.29, 0.717) is 23.5 Å². The van der Waals surface area contributed by atoms with Crippen LogP contribution in [0.2, 0.25) is 0 Å². The molecule has 0 N–H and O–H groups in total. The molecule has 2 heterocycles. The minimum atomic E-state index is -5.06. The Balaban J connectivity index is 1.57. The number of para-hydroxylation sites is 2. The Kier molecular flexibility index (Phi) is 6.88. The van der Waals surface area contributed by atoms with Crippen molar-refractivity contribution < 1.29 is 26.3 Å². The zero-order valence-corrected chi connectivity index (χ0v) is 26.6. The summed E-state index contributed by atoms with van der Waals surface area (Å²) in [5.74, 6) is 0. The predicted molar refractivity (Wildman–Crippen MR) is 185 cm³/mol. The molecule has 0 aliphatic heterocycles. The van der Waals surface area contributed by atoms with Crippen LogP contribution in [0.3, 0.4) is 0 Å². The van der Waals surface area contributed by atoms with Gasteiger partial charge in [0.2, 0.25) is 0 Å². The number of halogens is 6. The number of aromatic nitrogens is 2. The number of rotatable bonds is 3. The molecule has 0 aliphatic rings. The standard InChI is InChI=1S/C41H25F6N3/c1-23-11-13-31-29-7-3-5-9-34(29)49(36(31)15-23)38-19-26(22-48)33(25-17-27(40(42,43)44)20-28(18-25)41(45,46)47)21-39(38)50-35-10-6-4-8-30(35)32-14-12-24(2)16-37(32)50/h3-21H,1-2H3. The number of hydrogen-bond acceptors (Lipinski definition) is 1. The molecule has 0 fully saturated rings. The summed E-state index contributed by atoms with van der Waals surface area (Å²) in [4.78, 5) is 0. The van der Waals surface area contributed by atoms with Gasteiger partial charge < -0.3 is 9.13 Å². The molecule has 0 unspecified atom stereocenters. The SMILES string of the molecule is Cc1ccc2c3ccccc3n(-c3cc(C#N)c(-c4cc(C(F)(F)F)cc(C(F)(F)F)c4)cc3-n3c4ccccc4c4ccc(C)cc43)c2c1. The summed E-state index contributed by atoms with van der Waals surface area (Å²) in [7, 11) is 0. The maximum Gasteiger partial charge on any atom is 0.416 e. The first kappa shape index (κ1) is 31.3. The van der Waals surface area contributed by atoms with Crippen molar-refractivity contribution in [2.75, 3.05) is 0 Å². The number of hydrogen-bond donors (Lipinski definition) is 0. The van der Waals surface area contributed by atoms with E-state index >= 15 is 0 Å². The Labute approximate surface area is 281 Å². The average molecular weight is 674 g/mol. The van der Waals surface area contributed by atoms with Gasteiger partial charge in [-0.1, -0.05) is 60.7 Å². The molecule has 0 spiro atoms. The first-order valence-electron chi connectivity index (χ1n) is 15.7. The van der Waals surface area contributed by atoms with Crippen LogP contribution in [0.25, 0.3) is 66.1 Å². The van der Waals surface area contributed by atoms with Crippen molar-refractivity contribution >= 4 is 43.6 Å². The lowest BCUT2D eigenvalue weighted by Crippen LogP contribution is -2.11. The monoisotopic (exact) mass is 673 g/mol. The Hall–Kier alpha value is -6.01. The Bertz CT molecular complexity index is 2690. The summed E-state index contributed by atoms with van der Waals surface area (Å²) >= 11 is 0. The van der Waals surface area contributed by atoms with E-state index in [1.165, 1.54) is 0 Å². The molecule has 9 heteroatoms. The molecular formula is C41H25F6N3. The predicted octanol–water partition coefficient (Wildman–Crippen LogP) is 12.1. The molecule has 0 saturated heterocycles. The number of aryl methyl sites for hydroxylation is 2. The summed E-state index contributed by atoms with van der Waals surface area (Å²) in [6, 6.07) is 34.2. The fourth-order valence-corrected chi connectivity index (χ4v) is 7.06. The second-order valence-electron chi connectivity index (χ2n) is 12.5. The average Bonchev–Trinajstić information content (AvgIpc) is 3.58. The first-order valence-corrected chi connectivity index (χ1v) is 15.7. The highest BCUT2D eigenvalue weighted by molar-refractivity contribution is 6.12. The molecule has 8 rings (SSSR count). The number of benzene rings is 6. The Morgan fingerprint density at radius 1 is 0.500 bits per heavy atom. The van der Waals surface area contributed by atoms with E-state index in [-0.39, 0.29) is 22.8 Å². The molecule has 0 bridgehead atoms. The maximum absolute atomic E-state index is 14.1. The summed E-state index contributed by atoms with van der Waals surface area (Å²) in [5, 5.41) is 14.2. The van der Waals surface area contributed by atoms with Gasteiger partial charge in [0.05, 0.1) is 56.2 Å². The number of alkyl halides is 6. The fourth-order valence-electron chi connectivity index (χ4n) is 7.06. The highest BCUT2D eigenvalue weighted by Crippen LogP contribution is 2.43. The third-order valence-electron chi connectivity index (χ3n) is 9.27. The lowest BCUT2D eigenvalue weighted by Gasteiger charge is -2.20. The third-order valence-corrected chi connectivity index (χ3v) is 9.27. The van der Waals surface area contributed by atoms with E-state index in [1.54, 1.807) is 12.1 Å². The number of nitrogens with zero attached hydrogens (tertiary/aromatic N) is 3. The van der Waals surface area contributed by atoms with E-state index in [1.807, 2.05) is 108 Å². The van der Waals surface area contributed by atoms with Crippen molar-refractivity contribution in [2.45, 2.75) is 26.2 Å². The molecule has 0 aliphatic carbocycles. The molecule has 8 aromatic rings. The van der Waals surface area contributed by atoms with Crippen LogP contribution in [-0.2, 0) is 12.4 Å². The first-order chi connectivity index (χ1) is 23.8. The normalized spacial score (nSPS) is 12.4. The molecule has 0 atom stereocenters. The van der Waals surface area contributed by atoms with Crippen molar-refractivity contribution in [2.24, 2.45) is 0 Å². The van der Waals surface area contributed by atoms with Crippen LogP contribution in [0.4, 0.5) is 26.3 Å². The van der Waals surface area contributed by atoms with Gasteiger partial charge in [0, 0.05) is 27.1 Å². The van der Waals surface area contributed by atoms with Crippen LogP contribution in [0, 0.1) is 25.2 Å². The van der Waals surface area contributed by atoms with E-state index in [9.17, 15) is 31.6 Å². The largest absolute Gasteiger partial charge is 0.416 e. The van der Waals surface area contributed by atoms with Gasteiger partial charge in [-0.25, -0.2) is 0 Å². The lowest BCUT2D eigenvalue weighted by molar-refractivity contribution is -0.143. The van der Waals surface area contributed by atoms with Gasteiger partial charge in [0.1, 0.15) is 0 Å². The minimum absolute atomic E-state index is 0.0571. The summed E-state index contributed by atoms with van der Waals surface area (Å²) in [5.41, 5.74) is 2.76. The number of nitriles is 1. The maximum atomic E-state index is 14.1. The molecule has 3 nitrogen and oxygen atoms in total. The van der Waals surface area contributed by atoms with Crippen molar-refractivity contribution in [3.05, 3.63) is 143 Å². The lowest BCUT2D eigenvalue weighted by atomic mass is 9.94. The second kappa shape index (κ2) is 11.0. The fraction of sp³-hybridized carbons (Fsp3) is 0.0976. The molecule has 0 saturated carbocycles. The van der Waals surface area contributed by atoms with E-state index < -0.39 is 23.5 Å². The van der Waals surface area contributed by atoms with Gasteiger partial charge in [-0.15, -0.1) is 0 Å². The quantitative estimate of drug-likeness (QED) is 0.172. The van der Waals surface area contributed by atoms with Gasteiger partial charge in [-0.3, -0.25) is 0 Å². The van der Waals surface area contributed by atoms with Crippen LogP contribution in [0.1, 0.15) is 27.8 Å². The van der Waals surface area contributed by atoms with Crippen molar-refractivity contribution in [3.63, 3.8) is 0 Å². The zero-order chi connectivity index (χ0) is 35.1. The smallest absolute Gasteiger partial charge is 0.307 e.